The van der Waals surface area contributed by atoms with Crippen LogP contribution in [0.1, 0.15) is 55.2 Å². The Morgan fingerprint density at radius 2 is 1.46 bits per heavy atom. The lowest BCUT2D eigenvalue weighted by molar-refractivity contribution is -0.950. The number of hydrogen-bond donors (Lipinski definition) is 7. The van der Waals surface area contributed by atoms with Crippen LogP contribution in [0, 0.1) is 5.92 Å². The highest BCUT2D eigenvalue weighted by molar-refractivity contribution is 7.80. The van der Waals surface area contributed by atoms with E-state index in [0.29, 0.717) is 31.2 Å². The molecule has 1 saturated heterocycles. The molecule has 3 aliphatic carbocycles. The second kappa shape index (κ2) is 14.4. The number of carbonyl (C=O) groups excluding carboxylic acids is 1. The van der Waals surface area contributed by atoms with Crippen molar-refractivity contribution in [2.45, 2.75) is 62.0 Å². The van der Waals surface area contributed by atoms with Gasteiger partial charge in [-0.2, -0.15) is 0 Å². The molecular formula is C32H45N4O11S+. The predicted molar refractivity (Wildman–Crippen MR) is 174 cm³/mol. The molecule has 0 radical (unpaired) electrons. The summed E-state index contributed by atoms with van der Waals surface area (Å²) in [6.45, 7) is -0.227. The molecule has 3 fully saturated rings. The zero-order chi connectivity index (χ0) is 35.6. The summed E-state index contributed by atoms with van der Waals surface area (Å²) < 4.78 is 0.869. The van der Waals surface area contributed by atoms with Crippen molar-refractivity contribution < 1.29 is 59.1 Å². The molecule has 8 N–H and O–H groups in total. The second-order valence-electron chi connectivity index (χ2n) is 13.9. The number of aromatic hydroxyl groups is 1. The lowest BCUT2D eigenvalue weighted by atomic mass is 9.48. The van der Waals surface area contributed by atoms with Gasteiger partial charge in [-0.3, -0.25) is 33.8 Å². The Morgan fingerprint density at radius 3 is 1.92 bits per heavy atom. The summed E-state index contributed by atoms with van der Waals surface area (Å²) in [5, 5.41) is 57.8. The number of carboxylic acids is 4. The van der Waals surface area contributed by atoms with E-state index in [1.807, 2.05) is 6.07 Å². The van der Waals surface area contributed by atoms with Crippen LogP contribution in [0.5, 0.6) is 5.75 Å². The summed E-state index contributed by atoms with van der Waals surface area (Å²) in [5.74, 6) is -3.89. The van der Waals surface area contributed by atoms with E-state index >= 15 is 0 Å². The molecule has 4 atom stereocenters. The van der Waals surface area contributed by atoms with Crippen LogP contribution in [0.15, 0.2) is 12.1 Å². The number of nitrogens with two attached hydrogens (primary N) is 1. The van der Waals surface area contributed by atoms with Crippen molar-refractivity contribution in [1.82, 2.24) is 9.80 Å². The fourth-order valence-electron chi connectivity index (χ4n) is 8.20. The molecule has 264 valence electrons. The van der Waals surface area contributed by atoms with Crippen LogP contribution in [0.3, 0.4) is 0 Å². The number of aliphatic hydroxyl groups is 1. The van der Waals surface area contributed by atoms with E-state index in [2.05, 4.69) is 7.05 Å². The molecular weight excluding hydrogens is 648 g/mol. The summed E-state index contributed by atoms with van der Waals surface area (Å²) in [6.07, 6.45) is 5.19. The van der Waals surface area contributed by atoms with Gasteiger partial charge in [-0.25, -0.2) is 0 Å². The van der Waals surface area contributed by atoms with Gasteiger partial charge >= 0.3 is 23.9 Å². The first kappa shape index (κ1) is 37.1. The second-order valence-corrected chi connectivity index (χ2v) is 14.3. The van der Waals surface area contributed by atoms with E-state index < -0.39 is 61.1 Å². The third-order valence-electron chi connectivity index (χ3n) is 10.4. The third-order valence-corrected chi connectivity index (χ3v) is 10.6. The molecule has 4 aliphatic rings. The molecule has 16 heteroatoms. The Bertz CT molecular complexity index is 1420. The quantitative estimate of drug-likeness (QED) is 0.0992. The SMILES string of the molecule is C[N+]1(CC2CC2)CC[C@]23CC(=O)CC[C@@]2(O)[C@H]1Cc1ccc(C(N)=S)c(O)c13.O=C(O)CN(CCN(CC(=O)O)CC(=O)O)CC(=O)O. The maximum atomic E-state index is 12.6. The van der Waals surface area contributed by atoms with Gasteiger partial charge in [-0.05, 0) is 30.9 Å². The monoisotopic (exact) mass is 693 g/mol. The zero-order valence-corrected chi connectivity index (χ0v) is 27.8. The normalized spacial score (nSPS) is 27.3. The Labute approximate surface area is 283 Å². The van der Waals surface area contributed by atoms with E-state index in [4.69, 9.17) is 38.4 Å². The average Bonchev–Trinajstić information content (AvgIpc) is 3.77. The number of phenols is 1. The fourth-order valence-corrected chi connectivity index (χ4v) is 8.37. The fraction of sp³-hybridized carbons (Fsp3) is 0.625. The van der Waals surface area contributed by atoms with Crippen LogP contribution in [-0.4, -0.2) is 151 Å². The van der Waals surface area contributed by atoms with Gasteiger partial charge in [0.05, 0.1) is 51.9 Å². The molecule has 1 unspecified atom stereocenters. The molecule has 0 amide bonds. The number of Topliss-reactive ketones (excluding diaryl/α,β-unsaturated/α-hetero) is 1. The molecule has 1 heterocycles. The van der Waals surface area contributed by atoms with Crippen molar-refractivity contribution in [3.8, 4) is 5.75 Å². The summed E-state index contributed by atoms with van der Waals surface area (Å²) in [5.41, 5.74) is 6.36. The Morgan fingerprint density at radius 1 is 0.938 bits per heavy atom. The van der Waals surface area contributed by atoms with Gasteiger partial charge in [0, 0.05) is 55.7 Å². The molecule has 2 bridgehead atoms. The smallest absolute Gasteiger partial charge is 0.317 e. The van der Waals surface area contributed by atoms with Crippen molar-refractivity contribution >= 4 is 46.9 Å². The number of quaternary nitrogens is 1. The summed E-state index contributed by atoms with van der Waals surface area (Å²) in [6, 6.07) is 3.85. The highest BCUT2D eigenvalue weighted by Crippen LogP contribution is 2.61. The largest absolute Gasteiger partial charge is 0.507 e. The lowest BCUT2D eigenvalue weighted by Crippen LogP contribution is -2.78. The van der Waals surface area contributed by atoms with Gasteiger partial charge in [0.25, 0.3) is 0 Å². The number of carboxylic acid groups (broad SMARTS) is 4. The maximum Gasteiger partial charge on any atom is 0.317 e. The number of ketones is 1. The van der Waals surface area contributed by atoms with Gasteiger partial charge in [-0.15, -0.1) is 0 Å². The minimum atomic E-state index is -1.23. The summed E-state index contributed by atoms with van der Waals surface area (Å²) >= 11 is 5.14. The van der Waals surface area contributed by atoms with Crippen LogP contribution in [0.2, 0.25) is 0 Å². The van der Waals surface area contributed by atoms with Gasteiger partial charge < -0.3 is 40.9 Å². The zero-order valence-electron chi connectivity index (χ0n) is 27.0. The van der Waals surface area contributed by atoms with Gasteiger partial charge in [0.2, 0.25) is 0 Å². The Balaban J connectivity index is 0.000000232. The molecule has 1 aromatic rings. The number of nitrogens with zero attached hydrogens (tertiary/aromatic N) is 3. The number of thiocarbonyl (C=S) groups is 1. The number of phenolic OH excluding ortho intramolecular Hbond substituents is 1. The van der Waals surface area contributed by atoms with Crippen molar-refractivity contribution in [1.29, 1.82) is 0 Å². The number of hydrogen-bond acceptors (Lipinski definition) is 10. The topological polar surface area (TPSA) is 239 Å². The number of rotatable bonds is 14. The number of fused-ring (bicyclic) bond motifs is 1. The Kier molecular flexibility index (Phi) is 11.2. The highest BCUT2D eigenvalue weighted by Gasteiger charge is 2.70. The molecule has 0 spiro atoms. The van der Waals surface area contributed by atoms with Crippen LogP contribution in [-0.2, 0) is 35.8 Å². The molecule has 2 saturated carbocycles. The van der Waals surface area contributed by atoms with E-state index in [1.165, 1.54) is 12.8 Å². The number of aliphatic carboxylic acids is 4. The predicted octanol–water partition coefficient (Wildman–Crippen LogP) is -0.138. The molecule has 5 rings (SSSR count). The van der Waals surface area contributed by atoms with Gasteiger partial charge in [0.15, 0.2) is 0 Å². The van der Waals surface area contributed by atoms with Crippen molar-refractivity contribution in [2.24, 2.45) is 11.7 Å². The van der Waals surface area contributed by atoms with Crippen molar-refractivity contribution in [2.75, 3.05) is 59.4 Å². The lowest BCUT2D eigenvalue weighted by Gasteiger charge is -2.65. The maximum absolute atomic E-state index is 12.6. The number of likely N-dealkylation sites (tertiary alicyclic amines) is 1. The van der Waals surface area contributed by atoms with E-state index in [1.54, 1.807) is 6.07 Å². The first-order valence-electron chi connectivity index (χ1n) is 16.0. The van der Waals surface area contributed by atoms with Gasteiger partial charge in [0.1, 0.15) is 28.2 Å². The molecule has 48 heavy (non-hydrogen) atoms. The van der Waals surface area contributed by atoms with E-state index in [0.717, 1.165) is 50.8 Å². The van der Waals surface area contributed by atoms with E-state index in [9.17, 15) is 34.2 Å². The first-order valence-corrected chi connectivity index (χ1v) is 16.4. The van der Waals surface area contributed by atoms with Crippen LogP contribution in [0.4, 0.5) is 0 Å². The molecule has 0 aromatic heterocycles. The van der Waals surface area contributed by atoms with Crippen molar-refractivity contribution in [3.05, 3.63) is 28.8 Å². The highest BCUT2D eigenvalue weighted by atomic mass is 32.1. The summed E-state index contributed by atoms with van der Waals surface area (Å²) in [4.78, 5) is 57.1. The summed E-state index contributed by atoms with van der Waals surface area (Å²) in [7, 11) is 2.29. The number of benzene rings is 1. The first-order chi connectivity index (χ1) is 22.4. The number of piperidine rings is 1. The molecule has 1 aromatic carbocycles. The van der Waals surface area contributed by atoms with Crippen molar-refractivity contribution in [3.63, 3.8) is 0 Å². The third kappa shape index (κ3) is 7.94. The van der Waals surface area contributed by atoms with Crippen LogP contribution in [0.25, 0.3) is 0 Å². The molecule has 15 nitrogen and oxygen atoms in total. The van der Waals surface area contributed by atoms with Crippen LogP contribution < -0.4 is 5.73 Å². The Hall–Kier alpha value is -3.70. The minimum absolute atomic E-state index is 0.0533. The van der Waals surface area contributed by atoms with Crippen LogP contribution >= 0.6 is 12.2 Å². The standard InChI is InChI=1S/C22H28N2O3S.C10H16N2O8/c1-24(12-13-2-3-13)9-8-21-11-15(25)6-7-22(21,27)17(24)10-14-4-5-16(20(23)28)19(26)18(14)21;13-7(14)3-11(4-8(15)16)1-2-12(5-9(17)18)6-10(19)20/h4-5,13,17,27H,2-3,6-12H2,1H3,(H2-,23,26,28);1-6H2,(H,13,14)(H,15,16)(H,17,18)(H,19,20)/p+1/t17-,21-,22-,24?;/m1./s1. The molecule has 1 aliphatic heterocycles. The number of carbonyl (C=O) groups is 5. The average molecular weight is 694 g/mol. The van der Waals surface area contributed by atoms with Gasteiger partial charge in [-0.1, -0.05) is 18.3 Å². The number of likely N-dealkylation sites (N-methyl/N-ethyl adjacent to an activating group) is 1. The minimum Gasteiger partial charge on any atom is -0.507 e. The van der Waals surface area contributed by atoms with E-state index in [-0.39, 0.29) is 35.7 Å².